The summed E-state index contributed by atoms with van der Waals surface area (Å²) in [5.74, 6) is 1.10. The third-order valence-electron chi connectivity index (χ3n) is 4.19. The van der Waals surface area contributed by atoms with Crippen molar-refractivity contribution in [2.24, 2.45) is 0 Å². The lowest BCUT2D eigenvalue weighted by atomic mass is 10.1. The van der Waals surface area contributed by atoms with E-state index in [1.165, 1.54) is 18.2 Å². The zero-order valence-electron chi connectivity index (χ0n) is 14.7. The van der Waals surface area contributed by atoms with E-state index in [0.717, 1.165) is 10.8 Å². The number of hydrogen-bond acceptors (Lipinski definition) is 3. The molecule has 140 valence electrons. The maximum absolute atomic E-state index is 12.4. The molecule has 0 amide bonds. The molecule has 4 rings (SSSR count). The van der Waals surface area contributed by atoms with Crippen LogP contribution in [0.5, 0.6) is 11.5 Å². The number of sulfonamides is 1. The Bertz CT molecular complexity index is 1240. The van der Waals surface area contributed by atoms with Crippen LogP contribution < -0.4 is 9.46 Å². The molecule has 0 saturated carbocycles. The second kappa shape index (κ2) is 7.54. The van der Waals surface area contributed by atoms with Gasteiger partial charge in [0.1, 0.15) is 11.5 Å². The second-order valence-corrected chi connectivity index (χ2v) is 8.26. The molecule has 4 aromatic carbocycles. The van der Waals surface area contributed by atoms with Crippen molar-refractivity contribution in [1.82, 2.24) is 0 Å². The molecule has 0 heterocycles. The molecule has 6 heteroatoms. The number of benzene rings is 4. The van der Waals surface area contributed by atoms with Gasteiger partial charge in [-0.25, -0.2) is 8.42 Å². The molecule has 4 aromatic rings. The van der Waals surface area contributed by atoms with Gasteiger partial charge in [-0.3, -0.25) is 4.72 Å². The summed E-state index contributed by atoms with van der Waals surface area (Å²) in [6, 6.07) is 26.7. The van der Waals surface area contributed by atoms with Crippen LogP contribution in [-0.2, 0) is 10.0 Å². The van der Waals surface area contributed by atoms with Crippen molar-refractivity contribution in [2.45, 2.75) is 4.90 Å². The zero-order chi connectivity index (χ0) is 19.6. The Hall–Kier alpha value is -3.02. The SMILES string of the molecule is O=S(=O)(Nc1ccc(Oc2ccc3ccccc3c2)c(Cl)c1)c1ccccc1. The normalized spacial score (nSPS) is 11.3. The van der Waals surface area contributed by atoms with Crippen LogP contribution in [0.25, 0.3) is 10.8 Å². The lowest BCUT2D eigenvalue weighted by Gasteiger charge is -2.12. The predicted molar refractivity (Wildman–Crippen MR) is 113 cm³/mol. The monoisotopic (exact) mass is 409 g/mol. The highest BCUT2D eigenvalue weighted by Gasteiger charge is 2.14. The van der Waals surface area contributed by atoms with Crippen molar-refractivity contribution in [3.8, 4) is 11.5 Å². The van der Waals surface area contributed by atoms with Gasteiger partial charge in [-0.15, -0.1) is 0 Å². The summed E-state index contributed by atoms with van der Waals surface area (Å²) in [4.78, 5) is 0.183. The Morgan fingerprint density at radius 1 is 0.750 bits per heavy atom. The summed E-state index contributed by atoms with van der Waals surface area (Å²) in [6.45, 7) is 0. The Labute approximate surface area is 168 Å². The Morgan fingerprint density at radius 3 is 2.21 bits per heavy atom. The number of anilines is 1. The minimum atomic E-state index is -3.68. The van der Waals surface area contributed by atoms with Crippen molar-refractivity contribution in [1.29, 1.82) is 0 Å². The molecular weight excluding hydrogens is 394 g/mol. The van der Waals surface area contributed by atoms with Crippen LogP contribution in [0.15, 0.2) is 95.9 Å². The van der Waals surface area contributed by atoms with Crippen LogP contribution in [0.2, 0.25) is 5.02 Å². The lowest BCUT2D eigenvalue weighted by molar-refractivity contribution is 0.484. The molecule has 0 bridgehead atoms. The fraction of sp³-hybridized carbons (Fsp3) is 0. The average molecular weight is 410 g/mol. The molecule has 28 heavy (non-hydrogen) atoms. The van der Waals surface area contributed by atoms with Crippen molar-refractivity contribution >= 4 is 38.1 Å². The van der Waals surface area contributed by atoms with Gasteiger partial charge in [-0.1, -0.05) is 60.1 Å². The van der Waals surface area contributed by atoms with E-state index in [1.807, 2.05) is 42.5 Å². The Kier molecular flexibility index (Phi) is 4.94. The largest absolute Gasteiger partial charge is 0.456 e. The molecule has 0 atom stereocenters. The molecule has 0 aliphatic heterocycles. The number of rotatable bonds is 5. The molecule has 0 spiro atoms. The van der Waals surface area contributed by atoms with Gasteiger partial charge in [0.25, 0.3) is 10.0 Å². The summed E-state index contributed by atoms with van der Waals surface area (Å²) in [5.41, 5.74) is 0.361. The van der Waals surface area contributed by atoms with Gasteiger partial charge in [-0.05, 0) is 53.2 Å². The van der Waals surface area contributed by atoms with Gasteiger partial charge < -0.3 is 4.74 Å². The van der Waals surface area contributed by atoms with E-state index in [4.69, 9.17) is 16.3 Å². The van der Waals surface area contributed by atoms with Crippen molar-refractivity contribution in [3.05, 3.63) is 96.0 Å². The fourth-order valence-electron chi connectivity index (χ4n) is 2.82. The van der Waals surface area contributed by atoms with E-state index in [-0.39, 0.29) is 4.90 Å². The first-order valence-electron chi connectivity index (χ1n) is 8.55. The van der Waals surface area contributed by atoms with Gasteiger partial charge in [0.15, 0.2) is 0 Å². The molecule has 0 saturated heterocycles. The minimum Gasteiger partial charge on any atom is -0.456 e. The summed E-state index contributed by atoms with van der Waals surface area (Å²) in [7, 11) is -3.68. The molecule has 0 aliphatic rings. The lowest BCUT2D eigenvalue weighted by Crippen LogP contribution is -2.12. The molecule has 0 aliphatic carbocycles. The Balaban J connectivity index is 1.56. The quantitative estimate of drug-likeness (QED) is 0.434. The van der Waals surface area contributed by atoms with E-state index in [1.54, 1.807) is 30.3 Å². The number of halogens is 1. The van der Waals surface area contributed by atoms with Crippen LogP contribution in [0, 0.1) is 0 Å². The van der Waals surface area contributed by atoms with Crippen LogP contribution in [0.1, 0.15) is 0 Å². The van der Waals surface area contributed by atoms with Crippen molar-refractivity contribution in [2.75, 3.05) is 4.72 Å². The number of nitrogens with one attached hydrogen (secondary N) is 1. The maximum atomic E-state index is 12.4. The zero-order valence-corrected chi connectivity index (χ0v) is 16.2. The maximum Gasteiger partial charge on any atom is 0.261 e. The summed E-state index contributed by atoms with van der Waals surface area (Å²) >= 11 is 6.31. The molecule has 0 unspecified atom stereocenters. The van der Waals surface area contributed by atoms with Crippen molar-refractivity contribution < 1.29 is 13.2 Å². The van der Waals surface area contributed by atoms with Crippen LogP contribution >= 0.6 is 11.6 Å². The van der Waals surface area contributed by atoms with E-state index in [2.05, 4.69) is 4.72 Å². The van der Waals surface area contributed by atoms with Crippen LogP contribution in [-0.4, -0.2) is 8.42 Å². The molecule has 0 aromatic heterocycles. The van der Waals surface area contributed by atoms with Crippen LogP contribution in [0.4, 0.5) is 5.69 Å². The molecule has 1 N–H and O–H groups in total. The molecule has 4 nitrogen and oxygen atoms in total. The summed E-state index contributed by atoms with van der Waals surface area (Å²) < 4.78 is 33.3. The van der Waals surface area contributed by atoms with Crippen molar-refractivity contribution in [3.63, 3.8) is 0 Å². The fourth-order valence-corrected chi connectivity index (χ4v) is 4.11. The van der Waals surface area contributed by atoms with E-state index < -0.39 is 10.0 Å². The van der Waals surface area contributed by atoms with Gasteiger partial charge in [0, 0.05) is 0 Å². The average Bonchev–Trinajstić information content (AvgIpc) is 2.70. The predicted octanol–water partition coefficient (Wildman–Crippen LogP) is 6.09. The number of hydrogen-bond donors (Lipinski definition) is 1. The second-order valence-electron chi connectivity index (χ2n) is 6.17. The Morgan fingerprint density at radius 2 is 1.46 bits per heavy atom. The third kappa shape index (κ3) is 3.96. The van der Waals surface area contributed by atoms with E-state index in [9.17, 15) is 8.42 Å². The highest BCUT2D eigenvalue weighted by molar-refractivity contribution is 7.92. The number of fused-ring (bicyclic) bond motifs is 1. The van der Waals surface area contributed by atoms with Crippen LogP contribution in [0.3, 0.4) is 0 Å². The third-order valence-corrected chi connectivity index (χ3v) is 5.88. The smallest absolute Gasteiger partial charge is 0.261 e. The molecular formula is C22H16ClNO3S. The van der Waals surface area contributed by atoms with E-state index in [0.29, 0.717) is 22.2 Å². The highest BCUT2D eigenvalue weighted by Crippen LogP contribution is 2.33. The highest BCUT2D eigenvalue weighted by atomic mass is 35.5. The van der Waals surface area contributed by atoms with E-state index >= 15 is 0 Å². The number of ether oxygens (including phenoxy) is 1. The first kappa shape index (κ1) is 18.3. The van der Waals surface area contributed by atoms with Gasteiger partial charge >= 0.3 is 0 Å². The van der Waals surface area contributed by atoms with Gasteiger partial charge in [-0.2, -0.15) is 0 Å². The first-order chi connectivity index (χ1) is 13.5. The summed E-state index contributed by atoms with van der Waals surface area (Å²) in [6.07, 6.45) is 0. The first-order valence-corrected chi connectivity index (χ1v) is 10.4. The topological polar surface area (TPSA) is 55.4 Å². The van der Waals surface area contributed by atoms with Gasteiger partial charge in [0.2, 0.25) is 0 Å². The summed E-state index contributed by atoms with van der Waals surface area (Å²) in [5, 5.41) is 2.48. The standard InChI is InChI=1S/C22H16ClNO3S/c23-21-15-18(24-28(25,26)20-8-2-1-3-9-20)11-13-22(21)27-19-12-10-16-6-4-5-7-17(16)14-19/h1-15,24H. The molecule has 0 fully saturated rings. The molecule has 0 radical (unpaired) electrons. The van der Waals surface area contributed by atoms with Gasteiger partial charge in [0.05, 0.1) is 15.6 Å². The minimum absolute atomic E-state index is 0.183.